The average Bonchev–Trinajstić information content (AvgIpc) is 2.97. The van der Waals surface area contributed by atoms with E-state index in [2.05, 4.69) is 9.97 Å². The fraction of sp³-hybridized carbons (Fsp3) is 0. The van der Waals surface area contributed by atoms with Crippen molar-refractivity contribution in [2.24, 2.45) is 0 Å². The van der Waals surface area contributed by atoms with Gasteiger partial charge < -0.3 is 10.7 Å². The van der Waals surface area contributed by atoms with E-state index in [0.717, 1.165) is 0 Å². The first-order chi connectivity index (χ1) is 11.1. The number of nitrogens with two attached hydrogens (primary N) is 1. The number of aromatic nitrogens is 2. The number of nitrogens with zero attached hydrogens (tertiary/aromatic N) is 2. The lowest BCUT2D eigenvalue weighted by atomic mass is 10.0. The maximum atomic E-state index is 12.6. The molecular formula is C16H12N4O3. The summed E-state index contributed by atoms with van der Waals surface area (Å²) in [6.45, 7) is 0. The highest BCUT2D eigenvalue weighted by Crippen LogP contribution is 2.26. The SMILES string of the molecule is Nc1nc(-c2ccc([N+](=O)[O-])cc2)c(C(=O)c2ccccc2)[nH]1. The second-order valence-electron chi connectivity index (χ2n) is 4.84. The van der Waals surface area contributed by atoms with E-state index in [0.29, 0.717) is 16.8 Å². The summed E-state index contributed by atoms with van der Waals surface area (Å²) in [7, 11) is 0. The lowest BCUT2D eigenvalue weighted by Crippen LogP contribution is -2.03. The topological polar surface area (TPSA) is 115 Å². The molecule has 0 unspecified atom stereocenters. The molecule has 23 heavy (non-hydrogen) atoms. The minimum Gasteiger partial charge on any atom is -0.369 e. The molecule has 0 saturated heterocycles. The zero-order valence-corrected chi connectivity index (χ0v) is 11.9. The van der Waals surface area contributed by atoms with E-state index in [9.17, 15) is 14.9 Å². The van der Waals surface area contributed by atoms with Crippen molar-refractivity contribution in [2.45, 2.75) is 0 Å². The molecule has 0 aliphatic rings. The number of ketones is 1. The molecule has 0 aliphatic heterocycles. The van der Waals surface area contributed by atoms with E-state index >= 15 is 0 Å². The van der Waals surface area contributed by atoms with Crippen LogP contribution in [0.4, 0.5) is 11.6 Å². The maximum absolute atomic E-state index is 12.6. The number of carbonyl (C=O) groups is 1. The number of nitro benzene ring substituents is 1. The molecule has 0 amide bonds. The Morgan fingerprint density at radius 1 is 1.09 bits per heavy atom. The van der Waals surface area contributed by atoms with Crippen molar-refractivity contribution in [3.8, 4) is 11.3 Å². The van der Waals surface area contributed by atoms with Crippen LogP contribution in [0.15, 0.2) is 54.6 Å². The molecule has 0 spiro atoms. The van der Waals surface area contributed by atoms with Crippen LogP contribution in [0.3, 0.4) is 0 Å². The summed E-state index contributed by atoms with van der Waals surface area (Å²) < 4.78 is 0. The standard InChI is InChI=1S/C16H12N4O3/c17-16-18-13(10-6-8-12(9-7-10)20(22)23)14(19-16)15(21)11-4-2-1-3-5-11/h1-9H,(H3,17,18,19). The van der Waals surface area contributed by atoms with E-state index in [4.69, 9.17) is 5.73 Å². The third-order valence-electron chi connectivity index (χ3n) is 3.34. The van der Waals surface area contributed by atoms with Gasteiger partial charge in [0.05, 0.1) is 4.92 Å². The molecule has 1 heterocycles. The van der Waals surface area contributed by atoms with Gasteiger partial charge in [-0.2, -0.15) is 0 Å². The van der Waals surface area contributed by atoms with E-state index in [1.807, 2.05) is 6.07 Å². The highest BCUT2D eigenvalue weighted by molar-refractivity contribution is 6.11. The van der Waals surface area contributed by atoms with Gasteiger partial charge in [-0.05, 0) is 12.1 Å². The van der Waals surface area contributed by atoms with Crippen LogP contribution in [0, 0.1) is 10.1 Å². The number of nitro groups is 1. The number of rotatable bonds is 4. The number of hydrogen-bond acceptors (Lipinski definition) is 5. The smallest absolute Gasteiger partial charge is 0.269 e. The first-order valence-electron chi connectivity index (χ1n) is 6.76. The van der Waals surface area contributed by atoms with Crippen molar-refractivity contribution in [1.82, 2.24) is 9.97 Å². The lowest BCUT2D eigenvalue weighted by Gasteiger charge is -2.02. The molecule has 0 saturated carbocycles. The van der Waals surface area contributed by atoms with Crippen LogP contribution < -0.4 is 5.73 Å². The van der Waals surface area contributed by atoms with Gasteiger partial charge in [0.1, 0.15) is 11.4 Å². The van der Waals surface area contributed by atoms with Crippen LogP contribution in [-0.2, 0) is 0 Å². The Morgan fingerprint density at radius 3 is 2.35 bits per heavy atom. The first kappa shape index (κ1) is 14.5. The molecule has 3 rings (SSSR count). The summed E-state index contributed by atoms with van der Waals surface area (Å²) in [4.78, 5) is 29.7. The van der Waals surface area contributed by atoms with Crippen LogP contribution in [0.1, 0.15) is 16.1 Å². The fourth-order valence-corrected chi connectivity index (χ4v) is 2.24. The minimum atomic E-state index is -0.487. The molecule has 0 aliphatic carbocycles. The van der Waals surface area contributed by atoms with Crippen molar-refractivity contribution in [3.63, 3.8) is 0 Å². The molecule has 7 nitrogen and oxygen atoms in total. The lowest BCUT2D eigenvalue weighted by molar-refractivity contribution is -0.384. The number of carbonyl (C=O) groups excluding carboxylic acids is 1. The van der Waals surface area contributed by atoms with Gasteiger partial charge in [-0.3, -0.25) is 14.9 Å². The van der Waals surface area contributed by atoms with Gasteiger partial charge >= 0.3 is 0 Å². The highest BCUT2D eigenvalue weighted by atomic mass is 16.6. The minimum absolute atomic E-state index is 0.0341. The average molecular weight is 308 g/mol. The molecule has 0 bridgehead atoms. The zero-order valence-electron chi connectivity index (χ0n) is 11.9. The number of aromatic amines is 1. The highest BCUT2D eigenvalue weighted by Gasteiger charge is 2.19. The Bertz CT molecular complexity index is 870. The van der Waals surface area contributed by atoms with E-state index in [-0.39, 0.29) is 23.1 Å². The van der Waals surface area contributed by atoms with Gasteiger partial charge in [-0.15, -0.1) is 0 Å². The predicted molar refractivity (Wildman–Crippen MR) is 85.0 cm³/mol. The Labute approximate surface area is 130 Å². The molecule has 1 aromatic heterocycles. The van der Waals surface area contributed by atoms with Crippen LogP contribution in [-0.4, -0.2) is 20.7 Å². The van der Waals surface area contributed by atoms with Gasteiger partial charge in [0.25, 0.3) is 5.69 Å². The summed E-state index contributed by atoms with van der Waals surface area (Å²) in [6.07, 6.45) is 0. The molecule has 2 aromatic carbocycles. The fourth-order valence-electron chi connectivity index (χ4n) is 2.24. The number of anilines is 1. The zero-order chi connectivity index (χ0) is 16.4. The number of non-ortho nitro benzene ring substituents is 1. The van der Waals surface area contributed by atoms with E-state index in [1.165, 1.54) is 24.3 Å². The Hall–Kier alpha value is -3.48. The van der Waals surface area contributed by atoms with Gasteiger partial charge in [0.15, 0.2) is 5.95 Å². The third kappa shape index (κ3) is 2.80. The van der Waals surface area contributed by atoms with Gasteiger partial charge in [0.2, 0.25) is 5.78 Å². The quantitative estimate of drug-likeness (QED) is 0.437. The van der Waals surface area contributed by atoms with Gasteiger partial charge in [-0.1, -0.05) is 30.3 Å². The van der Waals surface area contributed by atoms with Crippen LogP contribution in [0.5, 0.6) is 0 Å². The van der Waals surface area contributed by atoms with Crippen LogP contribution in [0.2, 0.25) is 0 Å². The van der Waals surface area contributed by atoms with Crippen molar-refractivity contribution in [1.29, 1.82) is 0 Å². The second kappa shape index (κ2) is 5.72. The molecular weight excluding hydrogens is 296 g/mol. The van der Waals surface area contributed by atoms with Gasteiger partial charge in [-0.25, -0.2) is 4.98 Å². The maximum Gasteiger partial charge on any atom is 0.269 e. The summed E-state index contributed by atoms with van der Waals surface area (Å²) in [5.41, 5.74) is 7.34. The predicted octanol–water partition coefficient (Wildman–Crippen LogP) is 2.80. The molecule has 114 valence electrons. The molecule has 0 radical (unpaired) electrons. The van der Waals surface area contributed by atoms with Crippen LogP contribution >= 0.6 is 0 Å². The van der Waals surface area contributed by atoms with Crippen molar-refractivity contribution >= 4 is 17.4 Å². The Morgan fingerprint density at radius 2 is 1.74 bits per heavy atom. The van der Waals surface area contributed by atoms with Crippen molar-refractivity contribution in [2.75, 3.05) is 5.73 Å². The van der Waals surface area contributed by atoms with Crippen molar-refractivity contribution < 1.29 is 9.72 Å². The molecule has 0 fully saturated rings. The molecule has 0 atom stereocenters. The summed E-state index contributed by atoms with van der Waals surface area (Å²) in [5.74, 6) is -0.138. The molecule has 3 N–H and O–H groups in total. The summed E-state index contributed by atoms with van der Waals surface area (Å²) in [6, 6.07) is 14.5. The first-order valence-corrected chi connectivity index (χ1v) is 6.76. The number of H-pyrrole nitrogens is 1. The second-order valence-corrected chi connectivity index (χ2v) is 4.84. The molecule has 3 aromatic rings. The largest absolute Gasteiger partial charge is 0.369 e. The number of nitrogens with one attached hydrogen (secondary N) is 1. The third-order valence-corrected chi connectivity index (χ3v) is 3.34. The van der Waals surface area contributed by atoms with Gasteiger partial charge in [0, 0.05) is 23.3 Å². The van der Waals surface area contributed by atoms with E-state index < -0.39 is 4.92 Å². The number of imidazole rings is 1. The number of hydrogen-bond donors (Lipinski definition) is 2. The van der Waals surface area contributed by atoms with E-state index in [1.54, 1.807) is 24.3 Å². The normalized spacial score (nSPS) is 10.4. The number of nitrogen functional groups attached to an aromatic ring is 1. The monoisotopic (exact) mass is 308 g/mol. The Kier molecular flexibility index (Phi) is 3.60. The van der Waals surface area contributed by atoms with Crippen LogP contribution in [0.25, 0.3) is 11.3 Å². The number of benzene rings is 2. The summed E-state index contributed by atoms with van der Waals surface area (Å²) >= 11 is 0. The van der Waals surface area contributed by atoms with Crippen molar-refractivity contribution in [3.05, 3.63) is 76.0 Å². The summed E-state index contributed by atoms with van der Waals surface area (Å²) in [5, 5.41) is 10.7. The molecule has 7 heteroatoms. The Balaban J connectivity index is 2.04.